The van der Waals surface area contributed by atoms with Crippen LogP contribution in [0.3, 0.4) is 0 Å². The van der Waals surface area contributed by atoms with Gasteiger partial charge in [-0.15, -0.1) is 21.5 Å². The van der Waals surface area contributed by atoms with Crippen molar-refractivity contribution < 1.29 is 18.9 Å². The first-order valence-corrected chi connectivity index (χ1v) is 8.25. The van der Waals surface area contributed by atoms with Crippen LogP contribution >= 0.6 is 11.3 Å². The Balaban J connectivity index is 1.52. The first kappa shape index (κ1) is 16.8. The maximum absolute atomic E-state index is 11.7. The fraction of sp³-hybridized carbons (Fsp3) is 0.188. The van der Waals surface area contributed by atoms with Gasteiger partial charge in [0.25, 0.3) is 11.6 Å². The highest BCUT2D eigenvalue weighted by molar-refractivity contribution is 7.09. The van der Waals surface area contributed by atoms with Gasteiger partial charge in [-0.05, 0) is 30.0 Å². The fourth-order valence-electron chi connectivity index (χ4n) is 2.05. The lowest BCUT2D eigenvalue weighted by Crippen LogP contribution is -2.05. The molecule has 1 aromatic carbocycles. The molecular formula is C16H13N3O5S. The van der Waals surface area contributed by atoms with E-state index in [1.807, 2.05) is 17.5 Å². The summed E-state index contributed by atoms with van der Waals surface area (Å²) in [6, 6.07) is 9.63. The summed E-state index contributed by atoms with van der Waals surface area (Å²) in [7, 11) is 0. The molecule has 8 nitrogen and oxygen atoms in total. The van der Waals surface area contributed by atoms with Crippen LogP contribution in [0.15, 0.2) is 46.2 Å². The summed E-state index contributed by atoms with van der Waals surface area (Å²) in [6.07, 6.45) is 0.915. The average Bonchev–Trinajstić information content (AvgIpc) is 3.30. The van der Waals surface area contributed by atoms with Crippen molar-refractivity contribution >= 4 is 23.0 Å². The van der Waals surface area contributed by atoms with Crippen LogP contribution in [0, 0.1) is 10.1 Å². The maximum Gasteiger partial charge on any atom is 0.306 e. The number of ether oxygens (including phenoxy) is 1. The number of rotatable bonds is 7. The van der Waals surface area contributed by atoms with Crippen molar-refractivity contribution in [2.24, 2.45) is 0 Å². The molecule has 0 saturated heterocycles. The zero-order valence-electron chi connectivity index (χ0n) is 13.0. The Labute approximate surface area is 146 Å². The number of hydrogen-bond acceptors (Lipinski definition) is 8. The Morgan fingerprint density at radius 2 is 2.04 bits per heavy atom. The number of carbonyl (C=O) groups is 1. The molecule has 0 aliphatic heterocycles. The maximum atomic E-state index is 11.7. The number of nitro groups is 1. The number of non-ortho nitro benzene ring substituents is 1. The van der Waals surface area contributed by atoms with E-state index in [-0.39, 0.29) is 36.5 Å². The summed E-state index contributed by atoms with van der Waals surface area (Å²) >= 11 is 1.59. The van der Waals surface area contributed by atoms with Crippen LogP contribution < -0.4 is 0 Å². The Kier molecular flexibility index (Phi) is 5.14. The summed E-state index contributed by atoms with van der Waals surface area (Å²) in [5.41, 5.74) is 0.525. The highest BCUT2D eigenvalue weighted by Gasteiger charge is 2.13. The molecule has 0 fully saturated rings. The van der Waals surface area contributed by atoms with Crippen LogP contribution in [0.2, 0.25) is 0 Å². The lowest BCUT2D eigenvalue weighted by atomic mass is 10.2. The largest absolute Gasteiger partial charge is 0.456 e. The fourth-order valence-corrected chi connectivity index (χ4v) is 2.76. The highest BCUT2D eigenvalue weighted by atomic mass is 32.1. The molecule has 0 bridgehead atoms. The Morgan fingerprint density at radius 3 is 2.72 bits per heavy atom. The SMILES string of the molecule is O=C(CCc1cccs1)OCc1nnc(-c2ccc([N+](=O)[O-])cc2)o1. The molecule has 128 valence electrons. The molecule has 0 aliphatic rings. The smallest absolute Gasteiger partial charge is 0.306 e. The van der Waals surface area contributed by atoms with E-state index in [9.17, 15) is 14.9 Å². The first-order chi connectivity index (χ1) is 12.1. The zero-order chi connectivity index (χ0) is 17.6. The van der Waals surface area contributed by atoms with Crippen LogP contribution in [0.25, 0.3) is 11.5 Å². The molecular weight excluding hydrogens is 346 g/mol. The summed E-state index contributed by atoms with van der Waals surface area (Å²) in [6.45, 7) is -0.108. The van der Waals surface area contributed by atoms with Gasteiger partial charge in [-0.1, -0.05) is 6.07 Å². The molecule has 3 rings (SSSR count). The van der Waals surface area contributed by atoms with E-state index in [2.05, 4.69) is 10.2 Å². The van der Waals surface area contributed by atoms with E-state index >= 15 is 0 Å². The molecule has 2 heterocycles. The second-order valence-corrected chi connectivity index (χ2v) is 6.08. The minimum atomic E-state index is -0.487. The van der Waals surface area contributed by atoms with Crippen LogP contribution in [0.5, 0.6) is 0 Å². The number of nitrogens with zero attached hydrogens (tertiary/aromatic N) is 3. The second-order valence-electron chi connectivity index (χ2n) is 5.04. The van der Waals surface area contributed by atoms with E-state index < -0.39 is 4.92 Å². The van der Waals surface area contributed by atoms with Gasteiger partial charge in [0.05, 0.1) is 11.3 Å². The summed E-state index contributed by atoms with van der Waals surface area (Å²) in [5, 5.41) is 20.2. The number of aryl methyl sites for hydroxylation is 1. The standard InChI is InChI=1S/C16H13N3O5S/c20-15(8-7-13-2-1-9-25-13)23-10-14-17-18-16(24-14)11-3-5-12(6-4-11)19(21)22/h1-6,9H,7-8,10H2. The zero-order valence-corrected chi connectivity index (χ0v) is 13.8. The van der Waals surface area contributed by atoms with Crippen molar-refractivity contribution in [3.8, 4) is 11.5 Å². The van der Waals surface area contributed by atoms with Crippen molar-refractivity contribution in [2.45, 2.75) is 19.4 Å². The van der Waals surface area contributed by atoms with E-state index in [1.54, 1.807) is 11.3 Å². The van der Waals surface area contributed by atoms with Crippen LogP contribution in [-0.2, 0) is 22.6 Å². The molecule has 0 unspecified atom stereocenters. The summed E-state index contributed by atoms with van der Waals surface area (Å²) in [4.78, 5) is 23.0. The predicted molar refractivity (Wildman–Crippen MR) is 88.8 cm³/mol. The molecule has 0 radical (unpaired) electrons. The Bertz CT molecular complexity index is 858. The predicted octanol–water partition coefficient (Wildman–Crippen LogP) is 3.38. The number of benzene rings is 1. The molecule has 0 N–H and O–H groups in total. The van der Waals surface area contributed by atoms with Crippen LogP contribution in [0.4, 0.5) is 5.69 Å². The minimum absolute atomic E-state index is 0.0249. The van der Waals surface area contributed by atoms with Crippen LogP contribution in [0.1, 0.15) is 17.2 Å². The number of aromatic nitrogens is 2. The average molecular weight is 359 g/mol. The normalized spacial score (nSPS) is 10.6. The minimum Gasteiger partial charge on any atom is -0.456 e. The highest BCUT2D eigenvalue weighted by Crippen LogP contribution is 2.21. The van der Waals surface area contributed by atoms with E-state index in [1.165, 1.54) is 24.3 Å². The third kappa shape index (κ3) is 4.48. The molecule has 0 spiro atoms. The molecule has 2 aromatic heterocycles. The van der Waals surface area contributed by atoms with E-state index in [0.717, 1.165) is 4.88 Å². The van der Waals surface area contributed by atoms with Gasteiger partial charge in [-0.2, -0.15) is 0 Å². The molecule has 0 atom stereocenters. The molecule has 0 aliphatic carbocycles. The monoisotopic (exact) mass is 359 g/mol. The van der Waals surface area contributed by atoms with Crippen molar-refractivity contribution in [3.05, 3.63) is 62.7 Å². The molecule has 0 saturated carbocycles. The number of nitro benzene ring substituents is 1. The summed E-state index contributed by atoms with van der Waals surface area (Å²) < 4.78 is 10.5. The topological polar surface area (TPSA) is 108 Å². The quantitative estimate of drug-likeness (QED) is 0.361. The van der Waals surface area contributed by atoms with Gasteiger partial charge in [0, 0.05) is 22.6 Å². The second kappa shape index (κ2) is 7.67. The van der Waals surface area contributed by atoms with Gasteiger partial charge in [-0.3, -0.25) is 14.9 Å². The van der Waals surface area contributed by atoms with E-state index in [4.69, 9.17) is 9.15 Å². The van der Waals surface area contributed by atoms with Crippen molar-refractivity contribution in [1.29, 1.82) is 0 Å². The number of esters is 1. The van der Waals surface area contributed by atoms with Crippen LogP contribution in [-0.4, -0.2) is 21.1 Å². The Hall–Kier alpha value is -3.07. The third-order valence-corrected chi connectivity index (χ3v) is 4.24. The lowest BCUT2D eigenvalue weighted by molar-refractivity contribution is -0.384. The number of thiophene rings is 1. The van der Waals surface area contributed by atoms with Gasteiger partial charge in [0.1, 0.15) is 0 Å². The lowest BCUT2D eigenvalue weighted by Gasteiger charge is -2.00. The summed E-state index contributed by atoms with van der Waals surface area (Å²) in [5.74, 6) is 0.0286. The van der Waals surface area contributed by atoms with Crippen molar-refractivity contribution in [1.82, 2.24) is 10.2 Å². The first-order valence-electron chi connectivity index (χ1n) is 7.37. The molecule has 25 heavy (non-hydrogen) atoms. The van der Waals surface area contributed by atoms with Gasteiger partial charge in [-0.25, -0.2) is 0 Å². The Morgan fingerprint density at radius 1 is 1.24 bits per heavy atom. The van der Waals surface area contributed by atoms with Crippen molar-refractivity contribution in [3.63, 3.8) is 0 Å². The van der Waals surface area contributed by atoms with Gasteiger partial charge in [0.2, 0.25) is 5.89 Å². The molecule has 9 heteroatoms. The van der Waals surface area contributed by atoms with E-state index in [0.29, 0.717) is 12.0 Å². The number of hydrogen-bond donors (Lipinski definition) is 0. The van der Waals surface area contributed by atoms with Crippen molar-refractivity contribution in [2.75, 3.05) is 0 Å². The molecule has 0 amide bonds. The van der Waals surface area contributed by atoms with Gasteiger partial charge >= 0.3 is 5.97 Å². The van der Waals surface area contributed by atoms with Gasteiger partial charge in [0.15, 0.2) is 6.61 Å². The molecule has 3 aromatic rings. The number of carbonyl (C=O) groups excluding carboxylic acids is 1. The third-order valence-electron chi connectivity index (χ3n) is 3.30. The van der Waals surface area contributed by atoms with Gasteiger partial charge < -0.3 is 9.15 Å².